The zero-order chi connectivity index (χ0) is 29.4. The molecule has 0 saturated heterocycles. The minimum atomic E-state index is -0.808. The molecule has 2 aromatic carbocycles. The number of ether oxygens (including phenoxy) is 3. The average molecular weight is 572 g/mol. The van der Waals surface area contributed by atoms with Gasteiger partial charge >= 0.3 is 5.97 Å². The first-order valence-electron chi connectivity index (χ1n) is 13.4. The van der Waals surface area contributed by atoms with Gasteiger partial charge in [-0.1, -0.05) is 29.0 Å². The second-order valence-corrected chi connectivity index (χ2v) is 10.9. The Morgan fingerprint density at radius 2 is 1.76 bits per heavy atom. The number of aryl methyl sites for hydroxylation is 2. The molecule has 0 radical (unpaired) electrons. The van der Waals surface area contributed by atoms with E-state index in [0.29, 0.717) is 32.1 Å². The summed E-state index contributed by atoms with van der Waals surface area (Å²) in [6, 6.07) is 14.9. The Bertz CT molecular complexity index is 1860. The predicted octanol–water partition coefficient (Wildman–Crippen LogP) is 4.53. The fraction of sp³-hybridized carbons (Fsp3) is 0.281. The van der Waals surface area contributed by atoms with Crippen molar-refractivity contribution in [1.29, 1.82) is 0 Å². The summed E-state index contributed by atoms with van der Waals surface area (Å²) in [4.78, 5) is 32.6. The van der Waals surface area contributed by atoms with Crippen molar-refractivity contribution in [3.63, 3.8) is 0 Å². The number of thiazole rings is 1. The van der Waals surface area contributed by atoms with Crippen LogP contribution in [0.1, 0.15) is 48.0 Å². The van der Waals surface area contributed by atoms with Gasteiger partial charge in [0.05, 0.1) is 36.6 Å². The monoisotopic (exact) mass is 571 g/mol. The lowest BCUT2D eigenvalue weighted by Crippen LogP contribution is -2.40. The van der Waals surface area contributed by atoms with Crippen molar-refractivity contribution in [2.45, 2.75) is 40.7 Å². The number of methoxy groups -OCH3 is 2. The van der Waals surface area contributed by atoms with E-state index < -0.39 is 12.0 Å². The van der Waals surface area contributed by atoms with E-state index in [1.54, 1.807) is 50.8 Å². The quantitative estimate of drug-likeness (QED) is 0.305. The molecule has 2 aromatic heterocycles. The summed E-state index contributed by atoms with van der Waals surface area (Å²) in [5.41, 5.74) is 6.40. The summed E-state index contributed by atoms with van der Waals surface area (Å²) in [5.74, 6) is 0.562. The molecule has 4 aromatic rings. The van der Waals surface area contributed by atoms with E-state index in [9.17, 15) is 9.59 Å². The van der Waals surface area contributed by atoms with Crippen LogP contribution in [0.25, 0.3) is 11.8 Å². The summed E-state index contributed by atoms with van der Waals surface area (Å²) in [6.45, 7) is 9.86. The van der Waals surface area contributed by atoms with Gasteiger partial charge in [-0.15, -0.1) is 0 Å². The van der Waals surface area contributed by atoms with E-state index in [1.807, 2.05) is 13.0 Å². The minimum absolute atomic E-state index is 0.193. The maximum atomic E-state index is 14.1. The lowest BCUT2D eigenvalue weighted by atomic mass is 9.94. The summed E-state index contributed by atoms with van der Waals surface area (Å²) in [7, 11) is 3.12. The Balaban J connectivity index is 1.73. The van der Waals surface area contributed by atoms with E-state index in [4.69, 9.17) is 19.2 Å². The van der Waals surface area contributed by atoms with E-state index in [-0.39, 0.29) is 17.7 Å². The number of benzene rings is 2. The molecule has 1 aliphatic rings. The minimum Gasteiger partial charge on any atom is -0.497 e. The van der Waals surface area contributed by atoms with E-state index in [1.165, 1.54) is 16.9 Å². The molecular formula is C32H33N3O5S. The molecule has 9 heteroatoms. The van der Waals surface area contributed by atoms with Crippen LogP contribution in [0, 0.1) is 20.8 Å². The van der Waals surface area contributed by atoms with Crippen LogP contribution in [0.3, 0.4) is 0 Å². The molecule has 1 unspecified atom stereocenters. The smallest absolute Gasteiger partial charge is 0.338 e. The fourth-order valence-electron chi connectivity index (χ4n) is 5.30. The van der Waals surface area contributed by atoms with Crippen molar-refractivity contribution in [2.24, 2.45) is 4.99 Å². The van der Waals surface area contributed by atoms with Crippen molar-refractivity contribution < 1.29 is 19.0 Å². The highest BCUT2D eigenvalue weighted by Gasteiger charge is 2.35. The normalized spacial score (nSPS) is 15.0. The Kier molecular flexibility index (Phi) is 7.73. The average Bonchev–Trinajstić information content (AvgIpc) is 3.41. The van der Waals surface area contributed by atoms with Gasteiger partial charge in [-0.2, -0.15) is 0 Å². The molecule has 212 valence electrons. The third kappa shape index (κ3) is 5.02. The first-order valence-corrected chi connectivity index (χ1v) is 14.2. The van der Waals surface area contributed by atoms with Crippen molar-refractivity contribution in [1.82, 2.24) is 9.13 Å². The van der Waals surface area contributed by atoms with Gasteiger partial charge in [-0.25, -0.2) is 9.79 Å². The third-order valence-corrected chi connectivity index (χ3v) is 8.28. The summed E-state index contributed by atoms with van der Waals surface area (Å²) in [6.07, 6.45) is 1.90. The number of hydrogen-bond acceptors (Lipinski definition) is 7. The maximum absolute atomic E-state index is 14.1. The Hall–Kier alpha value is -4.37. The topological polar surface area (TPSA) is 84.1 Å². The highest BCUT2D eigenvalue weighted by atomic mass is 32.1. The summed E-state index contributed by atoms with van der Waals surface area (Å²) < 4.78 is 20.8. The van der Waals surface area contributed by atoms with Gasteiger partial charge in [0.2, 0.25) is 0 Å². The molecule has 0 bridgehead atoms. The molecule has 3 heterocycles. The van der Waals surface area contributed by atoms with Crippen LogP contribution in [0.5, 0.6) is 11.5 Å². The van der Waals surface area contributed by atoms with Gasteiger partial charge in [-0.05, 0) is 82.7 Å². The van der Waals surface area contributed by atoms with Crippen LogP contribution in [0.4, 0.5) is 0 Å². The number of carbonyl (C=O) groups excluding carboxylic acids is 1. The van der Waals surface area contributed by atoms with Crippen molar-refractivity contribution in [3.05, 3.63) is 108 Å². The standard InChI is InChI=1S/C32H33N3O5S/c1-8-40-31(37)28-20(4)33-32-35(29(28)25-17-24(38-6)13-14-26(25)39-7)30(36)27(41-32)16-22-15-19(3)34(21(22)5)23-11-9-18(2)10-12-23/h9-17,29H,8H2,1-7H3/b27-16-. The van der Waals surface area contributed by atoms with Gasteiger partial charge in [-0.3, -0.25) is 9.36 Å². The Labute approximate surface area is 242 Å². The third-order valence-electron chi connectivity index (χ3n) is 7.30. The van der Waals surface area contributed by atoms with Crippen LogP contribution < -0.4 is 24.4 Å². The molecule has 0 fully saturated rings. The zero-order valence-electron chi connectivity index (χ0n) is 24.3. The molecule has 1 atom stereocenters. The van der Waals surface area contributed by atoms with Crippen LogP contribution in [-0.4, -0.2) is 35.9 Å². The van der Waals surface area contributed by atoms with E-state index >= 15 is 0 Å². The summed E-state index contributed by atoms with van der Waals surface area (Å²) in [5, 5.41) is 0. The number of rotatable bonds is 7. The highest BCUT2D eigenvalue weighted by Crippen LogP contribution is 2.37. The van der Waals surface area contributed by atoms with Gasteiger partial charge < -0.3 is 18.8 Å². The molecule has 0 aliphatic carbocycles. The van der Waals surface area contributed by atoms with Crippen LogP contribution in [0.2, 0.25) is 0 Å². The van der Waals surface area contributed by atoms with E-state index in [0.717, 1.165) is 22.6 Å². The molecule has 1 aliphatic heterocycles. The molecule has 41 heavy (non-hydrogen) atoms. The van der Waals surface area contributed by atoms with Gasteiger partial charge in [0.15, 0.2) is 4.80 Å². The fourth-order valence-corrected chi connectivity index (χ4v) is 6.34. The number of nitrogens with zero attached hydrogens (tertiary/aromatic N) is 3. The molecule has 0 saturated carbocycles. The molecular weight excluding hydrogens is 538 g/mol. The van der Waals surface area contributed by atoms with Gasteiger partial charge in [0, 0.05) is 22.6 Å². The first-order chi connectivity index (χ1) is 19.7. The molecule has 0 amide bonds. The lowest BCUT2D eigenvalue weighted by Gasteiger charge is -2.26. The van der Waals surface area contributed by atoms with Gasteiger partial charge in [0.1, 0.15) is 17.5 Å². The predicted molar refractivity (Wildman–Crippen MR) is 160 cm³/mol. The van der Waals surface area contributed by atoms with Crippen LogP contribution in [0.15, 0.2) is 69.6 Å². The number of hydrogen-bond donors (Lipinski definition) is 0. The SMILES string of the molecule is CCOC(=O)C1=C(C)N=c2s/c(=C\c3cc(C)n(-c4ccc(C)cc4)c3C)c(=O)n2C1c1cc(OC)ccc1OC. The Morgan fingerprint density at radius 1 is 1.02 bits per heavy atom. The number of fused-ring (bicyclic) bond motifs is 1. The number of aromatic nitrogens is 2. The lowest BCUT2D eigenvalue weighted by molar-refractivity contribution is -0.139. The number of esters is 1. The van der Waals surface area contributed by atoms with Crippen LogP contribution in [-0.2, 0) is 9.53 Å². The number of allylic oxidation sites excluding steroid dienone is 1. The Morgan fingerprint density at radius 3 is 2.41 bits per heavy atom. The zero-order valence-corrected chi connectivity index (χ0v) is 25.1. The van der Waals surface area contributed by atoms with Gasteiger partial charge in [0.25, 0.3) is 5.56 Å². The first kappa shape index (κ1) is 28.2. The van der Waals surface area contributed by atoms with Crippen LogP contribution >= 0.6 is 11.3 Å². The molecule has 8 nitrogen and oxygen atoms in total. The highest BCUT2D eigenvalue weighted by molar-refractivity contribution is 7.07. The molecule has 5 rings (SSSR count). The second-order valence-electron chi connectivity index (χ2n) is 9.91. The number of carbonyl (C=O) groups is 1. The second kappa shape index (κ2) is 11.2. The van der Waals surface area contributed by atoms with E-state index in [2.05, 4.69) is 48.7 Å². The molecule has 0 N–H and O–H groups in total. The molecule has 0 spiro atoms. The maximum Gasteiger partial charge on any atom is 0.338 e. The van der Waals surface area contributed by atoms with Crippen molar-refractivity contribution in [2.75, 3.05) is 20.8 Å². The van der Waals surface area contributed by atoms with Crippen molar-refractivity contribution in [3.8, 4) is 17.2 Å². The largest absolute Gasteiger partial charge is 0.497 e. The summed E-state index contributed by atoms with van der Waals surface area (Å²) >= 11 is 1.29. The van der Waals surface area contributed by atoms with Crippen molar-refractivity contribution >= 4 is 23.4 Å².